The number of amides is 1. The van der Waals surface area contributed by atoms with Gasteiger partial charge in [-0.2, -0.15) is 4.98 Å². The molecule has 3 N–H and O–H groups in total. The highest BCUT2D eigenvalue weighted by Gasteiger charge is 2.17. The van der Waals surface area contributed by atoms with Gasteiger partial charge in [-0.15, -0.1) is 0 Å². The van der Waals surface area contributed by atoms with Crippen LogP contribution < -0.4 is 25.4 Å². The molecule has 0 radical (unpaired) electrons. The van der Waals surface area contributed by atoms with Crippen molar-refractivity contribution in [1.82, 2.24) is 20.3 Å². The molecule has 10 heteroatoms. The molecule has 0 bridgehead atoms. The second-order valence-electron chi connectivity index (χ2n) is 8.73. The fraction of sp³-hybridized carbons (Fsp3) is 0.417. The zero-order valence-corrected chi connectivity index (χ0v) is 20.4. The van der Waals surface area contributed by atoms with E-state index in [2.05, 4.69) is 30.9 Å². The fourth-order valence-corrected chi connectivity index (χ4v) is 3.15. The van der Waals surface area contributed by atoms with Crippen LogP contribution in [0.3, 0.4) is 0 Å². The van der Waals surface area contributed by atoms with Crippen LogP contribution in [0.4, 0.5) is 16.6 Å². The van der Waals surface area contributed by atoms with E-state index >= 15 is 0 Å². The Kier molecular flexibility index (Phi) is 7.93. The first-order valence-electron chi connectivity index (χ1n) is 11.0. The Morgan fingerprint density at radius 2 is 1.91 bits per heavy atom. The Morgan fingerprint density at radius 1 is 1.12 bits per heavy atom. The van der Waals surface area contributed by atoms with Gasteiger partial charge in [0.2, 0.25) is 5.95 Å². The van der Waals surface area contributed by atoms with Crippen LogP contribution in [0.15, 0.2) is 36.5 Å². The van der Waals surface area contributed by atoms with E-state index in [1.807, 2.05) is 58.0 Å². The van der Waals surface area contributed by atoms with E-state index in [0.29, 0.717) is 47.4 Å². The topological polar surface area (TPSA) is 120 Å². The quantitative estimate of drug-likeness (QED) is 0.428. The molecule has 1 amide bonds. The third-order valence-electron chi connectivity index (χ3n) is 4.72. The third-order valence-corrected chi connectivity index (χ3v) is 4.72. The maximum Gasteiger partial charge on any atom is 0.407 e. The molecule has 0 aliphatic carbocycles. The van der Waals surface area contributed by atoms with Gasteiger partial charge < -0.3 is 30.2 Å². The molecule has 34 heavy (non-hydrogen) atoms. The number of carbonyl (C=O) groups excluding carboxylic acids is 1. The molecule has 0 saturated heterocycles. The zero-order valence-electron chi connectivity index (χ0n) is 20.4. The van der Waals surface area contributed by atoms with E-state index in [1.165, 1.54) is 0 Å². The molecule has 0 saturated carbocycles. The van der Waals surface area contributed by atoms with Crippen LogP contribution in [0.1, 0.15) is 33.3 Å². The van der Waals surface area contributed by atoms with E-state index in [0.717, 1.165) is 5.56 Å². The number of alkyl carbamates (subject to hydrolysis) is 1. The van der Waals surface area contributed by atoms with Crippen molar-refractivity contribution in [1.29, 1.82) is 0 Å². The molecule has 0 spiro atoms. The van der Waals surface area contributed by atoms with E-state index < -0.39 is 11.7 Å². The second kappa shape index (κ2) is 10.9. The van der Waals surface area contributed by atoms with Crippen molar-refractivity contribution in [2.75, 3.05) is 31.4 Å². The number of hydrogen-bond acceptors (Lipinski definition) is 9. The summed E-state index contributed by atoms with van der Waals surface area (Å²) in [7, 11) is 3.23. The number of aromatic nitrogens is 3. The van der Waals surface area contributed by atoms with Crippen molar-refractivity contribution < 1.29 is 19.0 Å². The lowest BCUT2D eigenvalue weighted by molar-refractivity contribution is 0.0526. The molecule has 3 rings (SSSR count). The van der Waals surface area contributed by atoms with E-state index in [1.54, 1.807) is 20.4 Å². The summed E-state index contributed by atoms with van der Waals surface area (Å²) in [5.74, 6) is 2.42. The maximum atomic E-state index is 12.0. The Hall–Kier alpha value is -3.82. The number of methoxy groups -OCH3 is 2. The number of fused-ring (bicyclic) bond motifs is 1. The van der Waals surface area contributed by atoms with Gasteiger partial charge >= 0.3 is 6.09 Å². The maximum absolute atomic E-state index is 12.0. The normalized spacial score (nSPS) is 12.1. The average molecular weight is 469 g/mol. The number of benzene rings is 1. The summed E-state index contributed by atoms with van der Waals surface area (Å²) in [6.07, 6.45) is 1.22. The van der Waals surface area contributed by atoms with Crippen LogP contribution in [-0.4, -0.2) is 53.5 Å². The number of anilines is 2. The molecule has 0 fully saturated rings. The first-order valence-corrected chi connectivity index (χ1v) is 11.0. The minimum Gasteiger partial charge on any atom is -0.497 e. The number of ether oxygens (including phenoxy) is 3. The van der Waals surface area contributed by atoms with Crippen molar-refractivity contribution in [3.8, 4) is 11.5 Å². The monoisotopic (exact) mass is 468 g/mol. The summed E-state index contributed by atoms with van der Waals surface area (Å²) in [6.45, 7) is 8.20. The molecular weight excluding hydrogens is 436 g/mol. The number of carbonyl (C=O) groups is 1. The number of pyridine rings is 1. The average Bonchev–Trinajstić information content (AvgIpc) is 2.80. The van der Waals surface area contributed by atoms with Crippen molar-refractivity contribution >= 4 is 28.9 Å². The highest BCUT2D eigenvalue weighted by atomic mass is 16.6. The SMILES string of the molecule is COc1ccc(CNc2nc(N[C@@H](C)CNC(=O)OC(C)(C)C)c3ncccc3n2)c(OC)c1. The molecule has 182 valence electrons. The van der Waals surface area contributed by atoms with E-state index in [-0.39, 0.29) is 6.04 Å². The fourth-order valence-electron chi connectivity index (χ4n) is 3.15. The number of hydrogen-bond donors (Lipinski definition) is 3. The Bertz CT molecular complexity index is 1130. The Balaban J connectivity index is 1.73. The van der Waals surface area contributed by atoms with Crippen LogP contribution in [0.5, 0.6) is 11.5 Å². The van der Waals surface area contributed by atoms with E-state index in [4.69, 9.17) is 14.2 Å². The molecule has 3 aromatic rings. The summed E-state index contributed by atoms with van der Waals surface area (Å²) in [6, 6.07) is 9.19. The summed E-state index contributed by atoms with van der Waals surface area (Å²) < 4.78 is 16.0. The Labute approximate surface area is 199 Å². The van der Waals surface area contributed by atoms with Gasteiger partial charge in [0.25, 0.3) is 0 Å². The standard InChI is InChI=1S/C24H32N6O4/c1-15(13-27-23(31)34-24(2,3)4)28-21-20-18(8-7-11-25-20)29-22(30-21)26-14-16-9-10-17(32-5)12-19(16)33-6/h7-12,15H,13-14H2,1-6H3,(H,27,31)(H2,26,28,29,30)/t15-/m0/s1. The van der Waals surface area contributed by atoms with Gasteiger partial charge in [-0.05, 0) is 52.0 Å². The van der Waals surface area contributed by atoms with Crippen molar-refractivity contribution in [3.05, 3.63) is 42.1 Å². The molecule has 2 heterocycles. The van der Waals surface area contributed by atoms with Gasteiger partial charge in [0, 0.05) is 37.0 Å². The second-order valence-corrected chi connectivity index (χ2v) is 8.73. The van der Waals surface area contributed by atoms with Crippen LogP contribution >= 0.6 is 0 Å². The first-order chi connectivity index (χ1) is 16.2. The summed E-state index contributed by atoms with van der Waals surface area (Å²) >= 11 is 0. The minimum absolute atomic E-state index is 0.137. The lowest BCUT2D eigenvalue weighted by atomic mass is 10.2. The molecule has 1 aromatic carbocycles. The van der Waals surface area contributed by atoms with Gasteiger partial charge in [-0.25, -0.2) is 9.78 Å². The summed E-state index contributed by atoms with van der Waals surface area (Å²) in [4.78, 5) is 25.6. The largest absolute Gasteiger partial charge is 0.497 e. The number of rotatable bonds is 9. The van der Waals surface area contributed by atoms with E-state index in [9.17, 15) is 4.79 Å². The molecule has 0 unspecified atom stereocenters. The highest BCUT2D eigenvalue weighted by Crippen LogP contribution is 2.26. The lowest BCUT2D eigenvalue weighted by Gasteiger charge is -2.21. The predicted molar refractivity (Wildman–Crippen MR) is 132 cm³/mol. The minimum atomic E-state index is -0.555. The van der Waals surface area contributed by atoms with Gasteiger partial charge in [-0.1, -0.05) is 0 Å². The van der Waals surface area contributed by atoms with Crippen molar-refractivity contribution in [2.45, 2.75) is 45.9 Å². The molecular formula is C24H32N6O4. The van der Waals surface area contributed by atoms with Gasteiger partial charge in [0.05, 0.1) is 19.7 Å². The van der Waals surface area contributed by atoms with Crippen molar-refractivity contribution in [2.24, 2.45) is 0 Å². The molecule has 10 nitrogen and oxygen atoms in total. The predicted octanol–water partition coefficient (Wildman–Crippen LogP) is 3.98. The number of nitrogens with one attached hydrogen (secondary N) is 3. The van der Waals surface area contributed by atoms with Crippen LogP contribution in [0.25, 0.3) is 11.0 Å². The van der Waals surface area contributed by atoms with Crippen LogP contribution in [0.2, 0.25) is 0 Å². The van der Waals surface area contributed by atoms with Crippen molar-refractivity contribution in [3.63, 3.8) is 0 Å². The molecule has 1 atom stereocenters. The van der Waals surface area contributed by atoms with Gasteiger partial charge in [0.15, 0.2) is 5.82 Å². The molecule has 0 aliphatic heterocycles. The zero-order chi connectivity index (χ0) is 24.7. The third kappa shape index (κ3) is 6.84. The van der Waals surface area contributed by atoms with Gasteiger partial charge in [-0.3, -0.25) is 4.98 Å². The van der Waals surface area contributed by atoms with Crippen LogP contribution in [-0.2, 0) is 11.3 Å². The first kappa shape index (κ1) is 24.8. The molecule has 2 aromatic heterocycles. The summed E-state index contributed by atoms with van der Waals surface area (Å²) in [5, 5.41) is 9.33. The van der Waals surface area contributed by atoms with Crippen LogP contribution in [0, 0.1) is 0 Å². The Morgan fingerprint density at radius 3 is 2.62 bits per heavy atom. The number of nitrogens with zero attached hydrogens (tertiary/aromatic N) is 3. The smallest absolute Gasteiger partial charge is 0.407 e. The molecule has 0 aliphatic rings. The summed E-state index contributed by atoms with van der Waals surface area (Å²) in [5.41, 5.74) is 1.71. The van der Waals surface area contributed by atoms with Gasteiger partial charge in [0.1, 0.15) is 22.6 Å². The lowest BCUT2D eigenvalue weighted by Crippen LogP contribution is -2.38. The highest BCUT2D eigenvalue weighted by molar-refractivity contribution is 5.86.